The fourth-order valence-electron chi connectivity index (χ4n) is 1.67. The van der Waals surface area contributed by atoms with Crippen LogP contribution in [0.1, 0.15) is 42.3 Å². The normalized spacial score (nSPS) is 11.3. The molecule has 0 aromatic heterocycles. The van der Waals surface area contributed by atoms with Crippen LogP contribution in [0.15, 0.2) is 18.2 Å². The number of carbonyl (C=O) groups excluding carboxylic acids is 1. The monoisotopic (exact) mass is 206 g/mol. The Morgan fingerprint density at radius 2 is 1.87 bits per heavy atom. The van der Waals surface area contributed by atoms with Crippen LogP contribution in [0.5, 0.6) is 0 Å². The third-order valence-corrected chi connectivity index (χ3v) is 2.47. The highest BCUT2D eigenvalue weighted by Gasteiger charge is 2.18. The lowest BCUT2D eigenvalue weighted by Crippen LogP contribution is -2.14. The number of hydrogen-bond donors (Lipinski definition) is 0. The Kier molecular flexibility index (Phi) is 3.18. The van der Waals surface area contributed by atoms with E-state index in [0.717, 1.165) is 0 Å². The molecular formula is C13H18O2. The molecule has 15 heavy (non-hydrogen) atoms. The van der Waals surface area contributed by atoms with Crippen molar-refractivity contribution in [2.24, 2.45) is 0 Å². The molecule has 0 heterocycles. The zero-order valence-corrected chi connectivity index (χ0v) is 10.0. The molecule has 0 bridgehead atoms. The van der Waals surface area contributed by atoms with E-state index < -0.39 is 0 Å². The number of carbonyl (C=O) groups is 1. The predicted molar refractivity (Wildman–Crippen MR) is 61.2 cm³/mol. The quantitative estimate of drug-likeness (QED) is 0.660. The number of benzene rings is 1. The first kappa shape index (κ1) is 11.8. The van der Waals surface area contributed by atoms with E-state index >= 15 is 0 Å². The van der Waals surface area contributed by atoms with Gasteiger partial charge in [-0.2, -0.15) is 0 Å². The molecule has 0 aliphatic carbocycles. The van der Waals surface area contributed by atoms with Gasteiger partial charge in [-0.1, -0.05) is 26.8 Å². The zero-order chi connectivity index (χ0) is 11.6. The van der Waals surface area contributed by atoms with Crippen LogP contribution in [0.25, 0.3) is 0 Å². The summed E-state index contributed by atoms with van der Waals surface area (Å²) in [6, 6.07) is 5.68. The largest absolute Gasteiger partial charge is 0.465 e. The molecule has 0 unspecified atom stereocenters. The molecule has 82 valence electrons. The Morgan fingerprint density at radius 3 is 2.33 bits per heavy atom. The van der Waals surface area contributed by atoms with Crippen molar-refractivity contribution in [2.45, 2.75) is 33.1 Å². The van der Waals surface area contributed by atoms with Crippen LogP contribution in [0.3, 0.4) is 0 Å². The van der Waals surface area contributed by atoms with Crippen molar-refractivity contribution in [3.8, 4) is 0 Å². The summed E-state index contributed by atoms with van der Waals surface area (Å²) in [7, 11) is 1.40. The van der Waals surface area contributed by atoms with Gasteiger partial charge >= 0.3 is 5.97 Å². The van der Waals surface area contributed by atoms with Crippen molar-refractivity contribution in [1.29, 1.82) is 0 Å². The second-order valence-corrected chi connectivity index (χ2v) is 4.77. The summed E-state index contributed by atoms with van der Waals surface area (Å²) in [5.41, 5.74) is 3.06. The van der Waals surface area contributed by atoms with E-state index in [9.17, 15) is 4.79 Å². The zero-order valence-electron chi connectivity index (χ0n) is 10.0. The van der Waals surface area contributed by atoms with Gasteiger partial charge in [-0.15, -0.1) is 0 Å². The summed E-state index contributed by atoms with van der Waals surface area (Å²) in [6.07, 6.45) is 0. The molecule has 0 aliphatic heterocycles. The van der Waals surface area contributed by atoms with Crippen LogP contribution in [-0.2, 0) is 10.2 Å². The second kappa shape index (κ2) is 4.05. The van der Waals surface area contributed by atoms with Gasteiger partial charge < -0.3 is 4.74 Å². The number of aryl methyl sites for hydroxylation is 1. The first-order valence-corrected chi connectivity index (χ1v) is 5.05. The summed E-state index contributed by atoms with van der Waals surface area (Å²) in [5.74, 6) is -0.277. The van der Waals surface area contributed by atoms with Gasteiger partial charge in [0.25, 0.3) is 0 Å². The first-order chi connectivity index (χ1) is 6.86. The van der Waals surface area contributed by atoms with E-state index in [4.69, 9.17) is 4.74 Å². The van der Waals surface area contributed by atoms with Crippen molar-refractivity contribution in [2.75, 3.05) is 7.11 Å². The molecule has 0 radical (unpaired) electrons. The summed E-state index contributed by atoms with van der Waals surface area (Å²) < 4.78 is 4.70. The van der Waals surface area contributed by atoms with Gasteiger partial charge in [-0.3, -0.25) is 0 Å². The SMILES string of the molecule is COC(=O)c1ccc(C)c(C(C)(C)C)c1. The molecule has 2 nitrogen and oxygen atoms in total. The van der Waals surface area contributed by atoms with Gasteiger partial charge in [0.15, 0.2) is 0 Å². The molecule has 0 aliphatic rings. The lowest BCUT2D eigenvalue weighted by Gasteiger charge is -2.22. The highest BCUT2D eigenvalue weighted by Crippen LogP contribution is 2.26. The maximum absolute atomic E-state index is 11.4. The van der Waals surface area contributed by atoms with Gasteiger partial charge in [0.2, 0.25) is 0 Å². The highest BCUT2D eigenvalue weighted by atomic mass is 16.5. The molecule has 0 N–H and O–H groups in total. The van der Waals surface area contributed by atoms with Crippen molar-refractivity contribution >= 4 is 5.97 Å². The second-order valence-electron chi connectivity index (χ2n) is 4.77. The van der Waals surface area contributed by atoms with Crippen LogP contribution in [0.4, 0.5) is 0 Å². The van der Waals surface area contributed by atoms with E-state index in [2.05, 4.69) is 27.7 Å². The number of hydrogen-bond acceptors (Lipinski definition) is 2. The fourth-order valence-corrected chi connectivity index (χ4v) is 1.67. The number of rotatable bonds is 1. The minimum atomic E-state index is -0.277. The summed E-state index contributed by atoms with van der Waals surface area (Å²) in [4.78, 5) is 11.4. The van der Waals surface area contributed by atoms with Gasteiger partial charge in [-0.25, -0.2) is 4.79 Å². The Bertz CT molecular complexity index is 373. The Labute approximate surface area is 91.3 Å². The molecule has 1 rings (SSSR count). The van der Waals surface area contributed by atoms with E-state index in [1.165, 1.54) is 18.2 Å². The Balaban J connectivity index is 3.23. The third kappa shape index (κ3) is 2.58. The van der Waals surface area contributed by atoms with E-state index in [1.54, 1.807) is 6.07 Å². The van der Waals surface area contributed by atoms with E-state index in [1.807, 2.05) is 12.1 Å². The van der Waals surface area contributed by atoms with Crippen LogP contribution < -0.4 is 0 Å². The Morgan fingerprint density at radius 1 is 1.27 bits per heavy atom. The van der Waals surface area contributed by atoms with E-state index in [0.29, 0.717) is 5.56 Å². The van der Waals surface area contributed by atoms with Gasteiger partial charge in [0.05, 0.1) is 12.7 Å². The molecule has 1 aromatic rings. The lowest BCUT2D eigenvalue weighted by atomic mass is 9.83. The van der Waals surface area contributed by atoms with Gasteiger partial charge in [-0.05, 0) is 35.6 Å². The molecule has 0 atom stereocenters. The molecule has 1 aromatic carbocycles. The molecule has 0 spiro atoms. The summed E-state index contributed by atoms with van der Waals surface area (Å²) >= 11 is 0. The number of methoxy groups -OCH3 is 1. The maximum atomic E-state index is 11.4. The van der Waals surface area contributed by atoms with Crippen LogP contribution in [-0.4, -0.2) is 13.1 Å². The molecule has 0 fully saturated rings. The summed E-state index contributed by atoms with van der Waals surface area (Å²) in [5, 5.41) is 0. The average molecular weight is 206 g/mol. The standard InChI is InChI=1S/C13H18O2/c1-9-6-7-10(12(14)15-5)8-11(9)13(2,3)4/h6-8H,1-5H3. The number of ether oxygens (including phenoxy) is 1. The first-order valence-electron chi connectivity index (χ1n) is 5.05. The lowest BCUT2D eigenvalue weighted by molar-refractivity contribution is 0.0600. The van der Waals surface area contributed by atoms with Crippen LogP contribution in [0, 0.1) is 6.92 Å². The van der Waals surface area contributed by atoms with Crippen molar-refractivity contribution < 1.29 is 9.53 Å². The van der Waals surface area contributed by atoms with Crippen molar-refractivity contribution in [3.05, 3.63) is 34.9 Å². The molecular weight excluding hydrogens is 188 g/mol. The molecule has 0 amide bonds. The number of esters is 1. The maximum Gasteiger partial charge on any atom is 0.337 e. The van der Waals surface area contributed by atoms with Crippen molar-refractivity contribution in [1.82, 2.24) is 0 Å². The Hall–Kier alpha value is -1.31. The fraction of sp³-hybridized carbons (Fsp3) is 0.462. The van der Waals surface area contributed by atoms with Gasteiger partial charge in [0.1, 0.15) is 0 Å². The molecule has 0 saturated heterocycles. The highest BCUT2D eigenvalue weighted by molar-refractivity contribution is 5.89. The topological polar surface area (TPSA) is 26.3 Å². The van der Waals surface area contributed by atoms with E-state index in [-0.39, 0.29) is 11.4 Å². The third-order valence-electron chi connectivity index (χ3n) is 2.47. The van der Waals surface area contributed by atoms with Crippen molar-refractivity contribution in [3.63, 3.8) is 0 Å². The van der Waals surface area contributed by atoms with Gasteiger partial charge in [0, 0.05) is 0 Å². The molecule has 2 heteroatoms. The minimum absolute atomic E-state index is 0.0497. The minimum Gasteiger partial charge on any atom is -0.465 e. The average Bonchev–Trinajstić information content (AvgIpc) is 2.15. The molecule has 0 saturated carbocycles. The van der Waals surface area contributed by atoms with Crippen LogP contribution >= 0.6 is 0 Å². The van der Waals surface area contributed by atoms with Crippen LogP contribution in [0.2, 0.25) is 0 Å². The predicted octanol–water partition coefficient (Wildman–Crippen LogP) is 3.08. The summed E-state index contributed by atoms with van der Waals surface area (Å²) in [6.45, 7) is 8.46. The smallest absolute Gasteiger partial charge is 0.337 e.